The Bertz CT molecular complexity index is 518. The molecule has 19 heavy (non-hydrogen) atoms. The van der Waals surface area contributed by atoms with Crippen molar-refractivity contribution in [2.75, 3.05) is 0 Å². The summed E-state index contributed by atoms with van der Waals surface area (Å²) in [5.74, 6) is -1.45. The number of aliphatic carboxylic acids is 1. The average molecular weight is 256 g/mol. The number of carboxylic acids is 1. The van der Waals surface area contributed by atoms with Crippen molar-refractivity contribution in [3.63, 3.8) is 0 Å². The van der Waals surface area contributed by atoms with Crippen molar-refractivity contribution in [3.05, 3.63) is 71.8 Å². The first-order valence-electron chi connectivity index (χ1n) is 5.91. The van der Waals surface area contributed by atoms with Crippen LogP contribution in [0.4, 0.5) is 0 Å². The molecule has 0 bridgehead atoms. The van der Waals surface area contributed by atoms with Crippen molar-refractivity contribution in [2.45, 2.75) is 13.3 Å². The van der Waals surface area contributed by atoms with Gasteiger partial charge in [0.25, 0.3) is 0 Å². The van der Waals surface area contributed by atoms with Crippen LogP contribution in [0.15, 0.2) is 60.7 Å². The second kappa shape index (κ2) is 7.82. The number of rotatable bonds is 3. The fourth-order valence-corrected chi connectivity index (χ4v) is 1.40. The van der Waals surface area contributed by atoms with Gasteiger partial charge in [-0.15, -0.1) is 0 Å². The molecule has 0 radical (unpaired) electrons. The summed E-state index contributed by atoms with van der Waals surface area (Å²) >= 11 is 0. The Kier molecular flexibility index (Phi) is 6.03. The van der Waals surface area contributed by atoms with E-state index in [1.807, 2.05) is 18.2 Å². The number of Topliss-reactive ketones (excluding diaryl/α,β-unsaturated/α-hetero) is 1. The van der Waals surface area contributed by atoms with Gasteiger partial charge in [-0.05, 0) is 6.92 Å². The Balaban J connectivity index is 0.000000218. The molecule has 0 atom stereocenters. The fraction of sp³-hybridized carbons (Fsp3) is 0.125. The normalized spacial score (nSPS) is 9.11. The van der Waals surface area contributed by atoms with Gasteiger partial charge in [0, 0.05) is 5.56 Å². The predicted molar refractivity (Wildman–Crippen MR) is 74.2 cm³/mol. The summed E-state index contributed by atoms with van der Waals surface area (Å²) in [7, 11) is 0. The molecule has 0 fully saturated rings. The molecule has 0 heterocycles. The van der Waals surface area contributed by atoms with Gasteiger partial charge in [0.2, 0.25) is 0 Å². The number of hydrogen-bond acceptors (Lipinski definition) is 2. The maximum absolute atomic E-state index is 11.1. The molecule has 2 aromatic rings. The monoisotopic (exact) mass is 256 g/mol. The number of benzene rings is 2. The zero-order valence-electron chi connectivity index (χ0n) is 10.7. The van der Waals surface area contributed by atoms with E-state index in [2.05, 4.69) is 19.1 Å². The summed E-state index contributed by atoms with van der Waals surface area (Å²) in [6, 6.07) is 18.6. The summed E-state index contributed by atoms with van der Waals surface area (Å²) in [6.45, 7) is 2.08. The first kappa shape index (κ1) is 14.6. The van der Waals surface area contributed by atoms with Crippen molar-refractivity contribution in [3.8, 4) is 0 Å². The first-order valence-corrected chi connectivity index (χ1v) is 5.91. The molecule has 0 unspecified atom stereocenters. The highest BCUT2D eigenvalue weighted by Gasteiger charge is 2.08. The maximum atomic E-state index is 11.1. The van der Waals surface area contributed by atoms with Gasteiger partial charge in [-0.25, -0.2) is 0 Å². The molecule has 2 aromatic carbocycles. The minimum Gasteiger partial charge on any atom is -0.481 e. The summed E-state index contributed by atoms with van der Waals surface area (Å²) in [4.78, 5) is 21.2. The SMILES string of the molecule is Cc1ccccc1.O=C(O)CC(=O)c1ccccc1. The van der Waals surface area contributed by atoms with E-state index in [1.165, 1.54) is 5.56 Å². The molecule has 0 aliphatic rings. The van der Waals surface area contributed by atoms with Crippen LogP contribution in [-0.2, 0) is 4.79 Å². The van der Waals surface area contributed by atoms with E-state index in [1.54, 1.807) is 30.3 Å². The van der Waals surface area contributed by atoms with Gasteiger partial charge < -0.3 is 5.11 Å². The predicted octanol–water partition coefficient (Wildman–Crippen LogP) is 3.34. The Morgan fingerprint density at radius 3 is 1.74 bits per heavy atom. The summed E-state index contributed by atoms with van der Waals surface area (Å²) < 4.78 is 0. The van der Waals surface area contributed by atoms with Gasteiger partial charge in [0.15, 0.2) is 5.78 Å². The van der Waals surface area contributed by atoms with E-state index >= 15 is 0 Å². The van der Waals surface area contributed by atoms with Gasteiger partial charge >= 0.3 is 5.97 Å². The van der Waals surface area contributed by atoms with Crippen molar-refractivity contribution in [2.24, 2.45) is 0 Å². The number of ketones is 1. The van der Waals surface area contributed by atoms with Crippen LogP contribution < -0.4 is 0 Å². The molecule has 0 spiro atoms. The van der Waals surface area contributed by atoms with Crippen LogP contribution in [0.2, 0.25) is 0 Å². The third-order valence-corrected chi connectivity index (χ3v) is 2.35. The van der Waals surface area contributed by atoms with Gasteiger partial charge in [0.1, 0.15) is 6.42 Å². The zero-order chi connectivity index (χ0) is 14.1. The molecular formula is C16H16O3. The highest BCUT2D eigenvalue weighted by Crippen LogP contribution is 2.02. The molecule has 3 heteroatoms. The minimum absolute atomic E-state index is 0.358. The molecule has 0 amide bonds. The molecule has 2 rings (SSSR count). The molecular weight excluding hydrogens is 240 g/mol. The second-order valence-corrected chi connectivity index (χ2v) is 4.01. The van der Waals surface area contributed by atoms with E-state index in [9.17, 15) is 9.59 Å². The third-order valence-electron chi connectivity index (χ3n) is 2.35. The number of aryl methyl sites for hydroxylation is 1. The van der Waals surface area contributed by atoms with Crippen LogP contribution in [0.3, 0.4) is 0 Å². The summed E-state index contributed by atoms with van der Waals surface area (Å²) in [5, 5.41) is 8.32. The Morgan fingerprint density at radius 1 is 0.895 bits per heavy atom. The molecule has 1 N–H and O–H groups in total. The quantitative estimate of drug-likeness (QED) is 0.677. The lowest BCUT2D eigenvalue weighted by atomic mass is 10.1. The molecule has 0 aliphatic carbocycles. The lowest BCUT2D eigenvalue weighted by Gasteiger charge is -1.95. The average Bonchev–Trinajstić information content (AvgIpc) is 2.40. The highest BCUT2D eigenvalue weighted by molar-refractivity contribution is 6.05. The second-order valence-electron chi connectivity index (χ2n) is 4.01. The van der Waals surface area contributed by atoms with Crippen LogP contribution in [0.1, 0.15) is 22.3 Å². The lowest BCUT2D eigenvalue weighted by Crippen LogP contribution is -2.06. The number of hydrogen-bond donors (Lipinski definition) is 1. The van der Waals surface area contributed by atoms with Crippen molar-refractivity contribution >= 4 is 11.8 Å². The largest absolute Gasteiger partial charge is 0.481 e. The number of carbonyl (C=O) groups is 2. The van der Waals surface area contributed by atoms with Crippen LogP contribution in [0.5, 0.6) is 0 Å². The van der Waals surface area contributed by atoms with Crippen molar-refractivity contribution in [1.29, 1.82) is 0 Å². The van der Waals surface area contributed by atoms with Gasteiger partial charge in [-0.3, -0.25) is 9.59 Å². The number of carboxylic acid groups (broad SMARTS) is 1. The molecule has 0 saturated carbocycles. The Labute approximate surface area is 112 Å². The minimum atomic E-state index is -1.09. The van der Waals surface area contributed by atoms with Crippen molar-refractivity contribution < 1.29 is 14.7 Å². The number of carbonyl (C=O) groups excluding carboxylic acids is 1. The van der Waals surface area contributed by atoms with Crippen LogP contribution in [0.25, 0.3) is 0 Å². The summed E-state index contributed by atoms with van der Waals surface area (Å²) in [5.41, 5.74) is 1.77. The van der Waals surface area contributed by atoms with Crippen LogP contribution >= 0.6 is 0 Å². The van der Waals surface area contributed by atoms with E-state index in [4.69, 9.17) is 5.11 Å². The molecule has 0 aromatic heterocycles. The van der Waals surface area contributed by atoms with E-state index in [0.717, 1.165) is 0 Å². The lowest BCUT2D eigenvalue weighted by molar-refractivity contribution is -0.135. The van der Waals surface area contributed by atoms with E-state index in [-0.39, 0.29) is 5.78 Å². The topological polar surface area (TPSA) is 54.4 Å². The smallest absolute Gasteiger partial charge is 0.311 e. The highest BCUT2D eigenvalue weighted by atomic mass is 16.4. The molecule has 0 aliphatic heterocycles. The maximum Gasteiger partial charge on any atom is 0.311 e. The molecule has 0 saturated heterocycles. The van der Waals surface area contributed by atoms with Gasteiger partial charge in [0.05, 0.1) is 0 Å². The van der Waals surface area contributed by atoms with Gasteiger partial charge in [-0.1, -0.05) is 66.2 Å². The zero-order valence-corrected chi connectivity index (χ0v) is 10.7. The van der Waals surface area contributed by atoms with Crippen molar-refractivity contribution in [1.82, 2.24) is 0 Å². The molecule has 98 valence electrons. The summed E-state index contributed by atoms with van der Waals surface area (Å²) in [6.07, 6.45) is -0.440. The van der Waals surface area contributed by atoms with Crippen LogP contribution in [-0.4, -0.2) is 16.9 Å². The first-order chi connectivity index (χ1) is 9.09. The van der Waals surface area contributed by atoms with E-state index < -0.39 is 12.4 Å². The Morgan fingerprint density at radius 2 is 1.37 bits per heavy atom. The molecule has 3 nitrogen and oxygen atoms in total. The fourth-order valence-electron chi connectivity index (χ4n) is 1.40. The van der Waals surface area contributed by atoms with Gasteiger partial charge in [-0.2, -0.15) is 0 Å². The van der Waals surface area contributed by atoms with Crippen LogP contribution in [0, 0.1) is 6.92 Å². The van der Waals surface area contributed by atoms with E-state index in [0.29, 0.717) is 5.56 Å². The Hall–Kier alpha value is -2.42. The standard InChI is InChI=1S/C9H8O3.C7H8/c10-8(6-9(11)12)7-4-2-1-3-5-7;1-7-5-3-2-4-6-7/h1-5H,6H2,(H,11,12);2-6H,1H3. The third kappa shape index (κ3) is 6.17.